The Morgan fingerprint density at radius 2 is 1.37 bits per heavy atom. The third-order valence-electron chi connectivity index (χ3n) is 10.8. The van der Waals surface area contributed by atoms with Crippen LogP contribution in [-0.2, 0) is 0 Å². The van der Waals surface area contributed by atoms with Crippen LogP contribution in [0.1, 0.15) is 6.92 Å². The van der Waals surface area contributed by atoms with E-state index in [0.717, 1.165) is 98.4 Å². The van der Waals surface area contributed by atoms with E-state index in [-0.39, 0.29) is 0 Å². The number of furan rings is 1. The van der Waals surface area contributed by atoms with E-state index >= 15 is 0 Å². The highest BCUT2D eigenvalue weighted by molar-refractivity contribution is 7.26. The summed E-state index contributed by atoms with van der Waals surface area (Å²) in [5.41, 5.74) is 9.55. The molecule has 0 saturated heterocycles. The molecule has 0 aliphatic heterocycles. The highest BCUT2D eigenvalue weighted by Gasteiger charge is 2.26. The highest BCUT2D eigenvalue weighted by Crippen LogP contribution is 2.47. The number of hydrogen-bond acceptors (Lipinski definition) is 5. The lowest BCUT2D eigenvalue weighted by Gasteiger charge is -2.26. The fraction of sp³-hybridized carbons (Fsp3) is 0.0196. The fourth-order valence-corrected chi connectivity index (χ4v) is 9.66. The van der Waals surface area contributed by atoms with Crippen molar-refractivity contribution in [2.75, 3.05) is 4.90 Å². The van der Waals surface area contributed by atoms with Gasteiger partial charge in [0.05, 0.1) is 21.4 Å². The molecule has 4 heterocycles. The highest BCUT2D eigenvalue weighted by atomic mass is 32.1. The molecule has 0 aliphatic rings. The summed E-state index contributed by atoms with van der Waals surface area (Å²) < 4.78 is 11.6. The third-order valence-corrected chi connectivity index (χ3v) is 12.0. The molecule has 0 N–H and O–H groups in total. The minimum Gasteiger partial charge on any atom is -0.454 e. The molecular weight excluding hydrogens is 717 g/mol. The van der Waals surface area contributed by atoms with Gasteiger partial charge in [-0.25, -0.2) is 9.97 Å². The number of allylic oxidation sites excluding steroid dienone is 4. The normalized spacial score (nSPS) is 12.4. The van der Waals surface area contributed by atoms with Gasteiger partial charge in [-0.05, 0) is 72.3 Å². The third kappa shape index (κ3) is 5.08. The van der Waals surface area contributed by atoms with E-state index in [1.54, 1.807) is 11.3 Å². The van der Waals surface area contributed by atoms with Gasteiger partial charge >= 0.3 is 0 Å². The Morgan fingerprint density at radius 1 is 0.684 bits per heavy atom. The Labute approximate surface area is 332 Å². The fourth-order valence-electron chi connectivity index (χ4n) is 8.50. The molecule has 0 saturated carbocycles. The van der Waals surface area contributed by atoms with Gasteiger partial charge in [0.25, 0.3) is 0 Å². The Balaban J connectivity index is 1.28. The lowest BCUT2D eigenvalue weighted by molar-refractivity contribution is 0.671. The quantitative estimate of drug-likeness (QED) is 0.152. The first-order valence-electron chi connectivity index (χ1n) is 19.1. The van der Waals surface area contributed by atoms with Crippen LogP contribution in [0.5, 0.6) is 0 Å². The van der Waals surface area contributed by atoms with Gasteiger partial charge in [-0.15, -0.1) is 11.3 Å². The molecule has 4 aromatic heterocycles. The molecule has 0 atom stereocenters. The van der Waals surface area contributed by atoms with E-state index in [2.05, 4.69) is 168 Å². The second kappa shape index (κ2) is 13.2. The SMILES string of the molecule is C=C/C=C(\C=C/C)N(c1ccccc1)c1ccc2oc3c(c2c1)c1ccccc1c1c2ccccc2n(-c2nc(-c4ccccc4)c4sc5ccccc5c4n2)c31. The van der Waals surface area contributed by atoms with Crippen LogP contribution < -0.4 is 4.90 Å². The zero-order valence-electron chi connectivity index (χ0n) is 31.1. The average Bonchev–Trinajstić information content (AvgIpc) is 3.94. The minimum absolute atomic E-state index is 0.606. The number of thiophene rings is 1. The van der Waals surface area contributed by atoms with Crippen molar-refractivity contribution in [2.45, 2.75) is 6.92 Å². The number of fused-ring (bicyclic) bond motifs is 13. The first-order chi connectivity index (χ1) is 28.2. The van der Waals surface area contributed by atoms with Crippen molar-refractivity contribution in [3.05, 3.63) is 188 Å². The van der Waals surface area contributed by atoms with E-state index in [0.29, 0.717) is 5.95 Å². The number of rotatable bonds is 7. The number of hydrogen-bond donors (Lipinski definition) is 0. The van der Waals surface area contributed by atoms with Gasteiger partial charge in [0.1, 0.15) is 11.1 Å². The largest absolute Gasteiger partial charge is 0.454 e. The molecule has 0 unspecified atom stereocenters. The Hall–Kier alpha value is -7.28. The smallest absolute Gasteiger partial charge is 0.236 e. The maximum absolute atomic E-state index is 7.08. The summed E-state index contributed by atoms with van der Waals surface area (Å²) in [5.74, 6) is 0.606. The van der Waals surface area contributed by atoms with Crippen molar-refractivity contribution in [1.29, 1.82) is 0 Å². The minimum atomic E-state index is 0.606. The van der Waals surface area contributed by atoms with Gasteiger partial charge in [-0.3, -0.25) is 4.57 Å². The zero-order chi connectivity index (χ0) is 38.0. The van der Waals surface area contributed by atoms with Crippen LogP contribution in [0.2, 0.25) is 0 Å². The van der Waals surface area contributed by atoms with E-state index in [1.807, 2.05) is 31.2 Å². The summed E-state index contributed by atoms with van der Waals surface area (Å²) in [4.78, 5) is 13.2. The molecule has 6 heteroatoms. The molecule has 11 rings (SSSR count). The standard InChI is InChI=1S/C51H34N4OS/c1-3-17-33(18-4-2)54(34-21-9-6-10-22-34)35-29-30-42-40(31-35)45-37-24-12-11-23-36(37)44-38-25-13-15-27-41(38)55(48(44)49(45)56-42)51-52-46(32-19-7-5-8-20-32)50-47(53-51)39-26-14-16-28-43(39)57-50/h3-31H,1H2,2H3/b18-4-,33-17+. The number of anilines is 2. The first-order valence-corrected chi connectivity index (χ1v) is 19.9. The van der Waals surface area contributed by atoms with E-state index < -0.39 is 0 Å². The molecule has 0 bridgehead atoms. The molecule has 5 nitrogen and oxygen atoms in total. The number of aromatic nitrogens is 3. The van der Waals surface area contributed by atoms with Crippen LogP contribution in [0.4, 0.5) is 11.4 Å². The van der Waals surface area contributed by atoms with E-state index in [9.17, 15) is 0 Å². The number of para-hydroxylation sites is 2. The summed E-state index contributed by atoms with van der Waals surface area (Å²) in [6.45, 7) is 6.07. The monoisotopic (exact) mass is 750 g/mol. The molecule has 0 spiro atoms. The summed E-state index contributed by atoms with van der Waals surface area (Å²) in [6, 6.07) is 53.2. The maximum Gasteiger partial charge on any atom is 0.236 e. The average molecular weight is 751 g/mol. The Morgan fingerprint density at radius 3 is 2.14 bits per heavy atom. The van der Waals surface area contributed by atoms with Gasteiger partial charge in [-0.1, -0.05) is 128 Å². The number of nitrogens with zero attached hydrogens (tertiary/aromatic N) is 4. The van der Waals surface area contributed by atoms with Gasteiger partial charge in [-0.2, -0.15) is 0 Å². The van der Waals surface area contributed by atoms with Crippen molar-refractivity contribution in [3.63, 3.8) is 0 Å². The lowest BCUT2D eigenvalue weighted by Crippen LogP contribution is -2.14. The summed E-state index contributed by atoms with van der Waals surface area (Å²) in [5, 5.41) is 7.72. The van der Waals surface area contributed by atoms with Crippen LogP contribution in [0.25, 0.3) is 92.0 Å². The summed E-state index contributed by atoms with van der Waals surface area (Å²) >= 11 is 1.74. The van der Waals surface area contributed by atoms with Crippen molar-refractivity contribution in [1.82, 2.24) is 14.5 Å². The zero-order valence-corrected chi connectivity index (χ0v) is 31.9. The predicted octanol–water partition coefficient (Wildman–Crippen LogP) is 14.4. The Kier molecular flexibility index (Phi) is 7.66. The van der Waals surface area contributed by atoms with E-state index in [4.69, 9.17) is 14.4 Å². The topological polar surface area (TPSA) is 47.1 Å². The summed E-state index contributed by atoms with van der Waals surface area (Å²) in [6.07, 6.45) is 8.05. The van der Waals surface area contributed by atoms with Crippen molar-refractivity contribution < 1.29 is 4.42 Å². The molecule has 0 fully saturated rings. The molecular formula is C51H34N4OS. The molecule has 11 aromatic rings. The first kappa shape index (κ1) is 33.1. The van der Waals surface area contributed by atoms with Crippen LogP contribution in [0.15, 0.2) is 193 Å². The van der Waals surface area contributed by atoms with Gasteiger partial charge in [0, 0.05) is 54.3 Å². The molecule has 57 heavy (non-hydrogen) atoms. The van der Waals surface area contributed by atoms with Crippen molar-refractivity contribution in [2.24, 2.45) is 0 Å². The second-order valence-electron chi connectivity index (χ2n) is 14.1. The molecule has 7 aromatic carbocycles. The molecule has 0 amide bonds. The number of benzene rings is 7. The predicted molar refractivity (Wildman–Crippen MR) is 241 cm³/mol. The Bertz CT molecular complexity index is 3440. The van der Waals surface area contributed by atoms with Crippen LogP contribution in [0, 0.1) is 0 Å². The van der Waals surface area contributed by atoms with Crippen LogP contribution >= 0.6 is 11.3 Å². The lowest BCUT2D eigenvalue weighted by atomic mass is 9.98. The van der Waals surface area contributed by atoms with Crippen LogP contribution in [0.3, 0.4) is 0 Å². The van der Waals surface area contributed by atoms with Gasteiger partial charge in [0.15, 0.2) is 5.58 Å². The second-order valence-corrected chi connectivity index (χ2v) is 15.2. The van der Waals surface area contributed by atoms with E-state index in [1.165, 1.54) is 4.70 Å². The summed E-state index contributed by atoms with van der Waals surface area (Å²) in [7, 11) is 0. The van der Waals surface area contributed by atoms with Gasteiger partial charge in [0.2, 0.25) is 5.95 Å². The van der Waals surface area contributed by atoms with Crippen molar-refractivity contribution >= 4 is 97.5 Å². The van der Waals surface area contributed by atoms with Crippen LogP contribution in [-0.4, -0.2) is 14.5 Å². The molecule has 0 aliphatic carbocycles. The van der Waals surface area contributed by atoms with Crippen molar-refractivity contribution in [3.8, 4) is 17.2 Å². The maximum atomic E-state index is 7.08. The molecule has 0 radical (unpaired) electrons. The molecule has 270 valence electrons. The van der Waals surface area contributed by atoms with Gasteiger partial charge < -0.3 is 9.32 Å².